The van der Waals surface area contributed by atoms with Gasteiger partial charge < -0.3 is 11.5 Å². The molecule has 0 aromatic heterocycles. The van der Waals surface area contributed by atoms with E-state index in [9.17, 15) is 0 Å². The zero-order valence-corrected chi connectivity index (χ0v) is 27.7. The molecule has 0 saturated carbocycles. The number of aryl methyl sites for hydroxylation is 2. The van der Waals surface area contributed by atoms with Crippen LogP contribution in [0.25, 0.3) is 44.5 Å². The van der Waals surface area contributed by atoms with Crippen molar-refractivity contribution in [2.75, 3.05) is 11.5 Å². The van der Waals surface area contributed by atoms with Crippen molar-refractivity contribution in [3.63, 3.8) is 0 Å². The van der Waals surface area contributed by atoms with Gasteiger partial charge in [0.1, 0.15) is 0 Å². The summed E-state index contributed by atoms with van der Waals surface area (Å²) < 4.78 is 0. The van der Waals surface area contributed by atoms with Crippen LogP contribution in [0.15, 0.2) is 103 Å². The lowest BCUT2D eigenvalue weighted by Crippen LogP contribution is -2.01. The van der Waals surface area contributed by atoms with Gasteiger partial charge in [-0.05, 0) is 119 Å². The molecular weight excluding hydrogens is 544 g/mol. The minimum absolute atomic E-state index is 0.557. The Morgan fingerprint density at radius 2 is 0.844 bits per heavy atom. The molecule has 0 aliphatic rings. The summed E-state index contributed by atoms with van der Waals surface area (Å²) in [6, 6.07) is 37.9. The molecule has 0 radical (unpaired) electrons. The van der Waals surface area contributed by atoms with E-state index in [4.69, 9.17) is 11.5 Å². The predicted molar refractivity (Wildman–Crippen MR) is 198 cm³/mol. The highest BCUT2D eigenvalue weighted by Gasteiger charge is 2.16. The average Bonchev–Trinajstić information content (AvgIpc) is 3.03. The van der Waals surface area contributed by atoms with E-state index in [2.05, 4.69) is 113 Å². The van der Waals surface area contributed by atoms with E-state index in [1.807, 2.05) is 18.2 Å². The monoisotopic (exact) mass is 594 g/mol. The first-order chi connectivity index (χ1) is 21.8. The summed E-state index contributed by atoms with van der Waals surface area (Å²) in [5, 5.41) is 0. The van der Waals surface area contributed by atoms with Crippen molar-refractivity contribution < 1.29 is 0 Å². The highest BCUT2D eigenvalue weighted by molar-refractivity contribution is 5.81. The van der Waals surface area contributed by atoms with E-state index >= 15 is 0 Å². The summed E-state index contributed by atoms with van der Waals surface area (Å²) in [7, 11) is 0. The smallest absolute Gasteiger partial charge is 0.0340 e. The molecule has 0 amide bonds. The normalized spacial score (nSPS) is 11.3. The summed E-state index contributed by atoms with van der Waals surface area (Å²) in [5.74, 6) is 0.557. The Balaban J connectivity index is 1.62. The van der Waals surface area contributed by atoms with Gasteiger partial charge in [-0.3, -0.25) is 0 Å². The second-order valence-electron chi connectivity index (χ2n) is 13.0. The third-order valence-corrected chi connectivity index (χ3v) is 9.00. The third kappa shape index (κ3) is 8.45. The van der Waals surface area contributed by atoms with E-state index in [-0.39, 0.29) is 0 Å². The number of hydrogen-bond acceptors (Lipinski definition) is 2. The van der Waals surface area contributed by atoms with Crippen molar-refractivity contribution in [2.45, 2.75) is 85.0 Å². The van der Waals surface area contributed by atoms with Crippen LogP contribution in [-0.2, 0) is 0 Å². The number of nitrogen functional groups attached to an aromatic ring is 2. The van der Waals surface area contributed by atoms with Gasteiger partial charge in [-0.25, -0.2) is 0 Å². The van der Waals surface area contributed by atoms with Gasteiger partial charge in [0.05, 0.1) is 0 Å². The zero-order valence-electron chi connectivity index (χ0n) is 27.7. The molecule has 0 heterocycles. The van der Waals surface area contributed by atoms with Crippen molar-refractivity contribution in [1.82, 2.24) is 0 Å². The van der Waals surface area contributed by atoms with Gasteiger partial charge in [0.25, 0.3) is 0 Å². The number of anilines is 2. The first-order valence-electron chi connectivity index (χ1n) is 16.9. The van der Waals surface area contributed by atoms with E-state index in [0.717, 1.165) is 11.1 Å². The Bertz CT molecular complexity index is 1570. The number of unbranched alkanes of at least 4 members (excludes halogenated alkanes) is 4. The third-order valence-electron chi connectivity index (χ3n) is 9.00. The first-order valence-corrected chi connectivity index (χ1v) is 16.9. The second kappa shape index (κ2) is 15.1. The quantitative estimate of drug-likeness (QED) is 0.105. The minimum Gasteiger partial charge on any atom is -0.399 e. The number of rotatable bonds is 13. The fourth-order valence-corrected chi connectivity index (χ4v) is 6.72. The molecule has 45 heavy (non-hydrogen) atoms. The standard InChI is InChI=1S/C43H50N2/c1-5-7-9-13-32(14-10-8-6-2)38-24-39(34-16-11-15-33(22-34)37-20-30(3)19-31(4)21-37)26-40(25-38)35-17-12-18-36(23-35)41-27-42(44)29-43(45)28-41/h11-12,15-29,32H,5-10,13-14,44-45H2,1-4H3. The molecule has 0 bridgehead atoms. The lowest BCUT2D eigenvalue weighted by molar-refractivity contribution is 0.507. The largest absolute Gasteiger partial charge is 0.399 e. The van der Waals surface area contributed by atoms with E-state index < -0.39 is 0 Å². The Kier molecular flexibility index (Phi) is 10.8. The number of nitrogens with two attached hydrogens (primary N) is 2. The van der Waals surface area contributed by atoms with Crippen LogP contribution >= 0.6 is 0 Å². The minimum atomic E-state index is 0.557. The van der Waals surface area contributed by atoms with Gasteiger partial charge in [0.2, 0.25) is 0 Å². The average molecular weight is 595 g/mol. The Morgan fingerprint density at radius 1 is 0.444 bits per heavy atom. The molecule has 2 nitrogen and oxygen atoms in total. The number of benzene rings is 5. The van der Waals surface area contributed by atoms with E-state index in [1.165, 1.54) is 101 Å². The van der Waals surface area contributed by atoms with Gasteiger partial charge in [-0.1, -0.05) is 130 Å². The van der Waals surface area contributed by atoms with Gasteiger partial charge in [-0.2, -0.15) is 0 Å². The van der Waals surface area contributed by atoms with Crippen LogP contribution in [0.4, 0.5) is 11.4 Å². The van der Waals surface area contributed by atoms with Crippen molar-refractivity contribution in [2.24, 2.45) is 0 Å². The van der Waals surface area contributed by atoms with Crippen molar-refractivity contribution in [3.05, 3.63) is 120 Å². The van der Waals surface area contributed by atoms with Crippen LogP contribution < -0.4 is 11.5 Å². The van der Waals surface area contributed by atoms with Crippen LogP contribution in [-0.4, -0.2) is 0 Å². The molecule has 2 heteroatoms. The Labute approximate surface area is 271 Å². The van der Waals surface area contributed by atoms with Gasteiger partial charge >= 0.3 is 0 Å². The lowest BCUT2D eigenvalue weighted by atomic mass is 9.84. The molecule has 0 unspecified atom stereocenters. The van der Waals surface area contributed by atoms with Gasteiger partial charge in [0.15, 0.2) is 0 Å². The zero-order chi connectivity index (χ0) is 31.8. The fourth-order valence-electron chi connectivity index (χ4n) is 6.72. The van der Waals surface area contributed by atoms with Crippen LogP contribution in [0.2, 0.25) is 0 Å². The molecule has 232 valence electrons. The summed E-state index contributed by atoms with van der Waals surface area (Å²) in [6.07, 6.45) is 10.1. The molecule has 5 rings (SSSR count). The summed E-state index contributed by atoms with van der Waals surface area (Å²) >= 11 is 0. The van der Waals surface area contributed by atoms with Crippen molar-refractivity contribution in [3.8, 4) is 44.5 Å². The number of hydrogen-bond donors (Lipinski definition) is 2. The molecule has 0 fully saturated rings. The highest BCUT2D eigenvalue weighted by Crippen LogP contribution is 2.38. The first kappa shape index (κ1) is 32.1. The predicted octanol–water partition coefficient (Wildman–Crippen LogP) is 12.4. The lowest BCUT2D eigenvalue weighted by Gasteiger charge is -2.21. The van der Waals surface area contributed by atoms with Gasteiger partial charge in [-0.15, -0.1) is 0 Å². The van der Waals surface area contributed by atoms with E-state index in [0.29, 0.717) is 17.3 Å². The molecule has 0 atom stereocenters. The van der Waals surface area contributed by atoms with Gasteiger partial charge in [0, 0.05) is 11.4 Å². The Hall–Kier alpha value is -4.30. The molecule has 0 saturated heterocycles. The maximum absolute atomic E-state index is 6.17. The van der Waals surface area contributed by atoms with Crippen molar-refractivity contribution >= 4 is 11.4 Å². The molecule has 0 spiro atoms. The summed E-state index contributed by atoms with van der Waals surface area (Å²) in [6.45, 7) is 8.96. The molecule has 0 aliphatic carbocycles. The molecule has 5 aromatic carbocycles. The van der Waals surface area contributed by atoms with Crippen LogP contribution in [0.1, 0.15) is 87.8 Å². The molecule has 4 N–H and O–H groups in total. The summed E-state index contributed by atoms with van der Waals surface area (Å²) in [4.78, 5) is 0. The second-order valence-corrected chi connectivity index (χ2v) is 13.0. The SMILES string of the molecule is CCCCCC(CCCCC)c1cc(-c2cccc(-c3cc(C)cc(C)c3)c2)cc(-c2cccc(-c3cc(N)cc(N)c3)c2)c1. The summed E-state index contributed by atoms with van der Waals surface area (Å²) in [5.41, 5.74) is 27.5. The maximum Gasteiger partial charge on any atom is 0.0340 e. The molecule has 5 aromatic rings. The topological polar surface area (TPSA) is 52.0 Å². The highest BCUT2D eigenvalue weighted by atomic mass is 14.6. The van der Waals surface area contributed by atoms with Crippen molar-refractivity contribution in [1.29, 1.82) is 0 Å². The van der Waals surface area contributed by atoms with Crippen LogP contribution in [0.3, 0.4) is 0 Å². The fraction of sp³-hybridized carbons (Fsp3) is 0.302. The Morgan fingerprint density at radius 3 is 1.29 bits per heavy atom. The van der Waals surface area contributed by atoms with Crippen LogP contribution in [0.5, 0.6) is 0 Å². The van der Waals surface area contributed by atoms with E-state index in [1.54, 1.807) is 0 Å². The molecular formula is C43H50N2. The maximum atomic E-state index is 6.17. The van der Waals surface area contributed by atoms with Crippen LogP contribution in [0, 0.1) is 13.8 Å². The molecule has 0 aliphatic heterocycles.